The minimum absolute atomic E-state index is 0.165. The van der Waals surface area contributed by atoms with Gasteiger partial charge in [-0.1, -0.05) is 18.2 Å². The Bertz CT molecular complexity index is 702. The Balaban J connectivity index is 1.84. The Hall–Kier alpha value is -2.78. The molecular weight excluding hydrogens is 310 g/mol. The number of rotatable bonds is 5. The summed E-state index contributed by atoms with van der Waals surface area (Å²) in [4.78, 5) is 21.4. The van der Waals surface area contributed by atoms with Gasteiger partial charge in [0.05, 0.1) is 4.92 Å². The first-order valence-corrected chi connectivity index (χ1v) is 7.65. The zero-order chi connectivity index (χ0) is 16.9. The number of nitrogens with one attached hydrogen (secondary N) is 2. The maximum atomic E-state index is 11.5. The van der Waals surface area contributed by atoms with Crippen molar-refractivity contribution in [1.82, 2.24) is 19.9 Å². The van der Waals surface area contributed by atoms with Crippen molar-refractivity contribution in [2.45, 2.75) is 0 Å². The van der Waals surface area contributed by atoms with Gasteiger partial charge in [0.25, 0.3) is 0 Å². The Kier molecular flexibility index (Phi) is 4.82. The van der Waals surface area contributed by atoms with Gasteiger partial charge in [0, 0.05) is 31.9 Å². The molecule has 1 fully saturated rings. The van der Waals surface area contributed by atoms with Crippen LogP contribution in [0.15, 0.2) is 36.7 Å². The molecule has 1 aliphatic heterocycles. The van der Waals surface area contributed by atoms with Crippen LogP contribution in [0.4, 0.5) is 23.0 Å². The Labute approximate surface area is 139 Å². The monoisotopic (exact) mass is 329 g/mol. The van der Waals surface area contributed by atoms with Crippen LogP contribution in [0.3, 0.4) is 0 Å². The van der Waals surface area contributed by atoms with Gasteiger partial charge in [0.15, 0.2) is 0 Å². The van der Waals surface area contributed by atoms with Gasteiger partial charge >= 0.3 is 5.69 Å². The number of nitrogens with zero attached hydrogens (tertiary/aromatic N) is 5. The molecule has 0 atom stereocenters. The van der Waals surface area contributed by atoms with Crippen LogP contribution in [0.2, 0.25) is 0 Å². The van der Waals surface area contributed by atoms with Crippen LogP contribution < -0.4 is 10.7 Å². The molecule has 0 bridgehead atoms. The number of aromatic nitrogens is 2. The van der Waals surface area contributed by atoms with Crippen molar-refractivity contribution in [3.63, 3.8) is 0 Å². The lowest BCUT2D eigenvalue weighted by Crippen LogP contribution is -2.47. The molecule has 0 saturated carbocycles. The third kappa shape index (κ3) is 3.76. The van der Waals surface area contributed by atoms with Gasteiger partial charge in [-0.3, -0.25) is 15.5 Å². The van der Waals surface area contributed by atoms with E-state index in [1.807, 2.05) is 42.4 Å². The van der Waals surface area contributed by atoms with E-state index in [1.165, 1.54) is 6.33 Å². The van der Waals surface area contributed by atoms with Gasteiger partial charge in [-0.2, -0.15) is 0 Å². The molecule has 24 heavy (non-hydrogen) atoms. The maximum Gasteiger partial charge on any atom is 0.354 e. The number of benzene rings is 1. The van der Waals surface area contributed by atoms with E-state index in [4.69, 9.17) is 0 Å². The molecule has 0 aliphatic carbocycles. The van der Waals surface area contributed by atoms with E-state index < -0.39 is 4.92 Å². The highest BCUT2D eigenvalue weighted by Gasteiger charge is 2.25. The van der Waals surface area contributed by atoms with Crippen LogP contribution in [-0.4, -0.2) is 58.0 Å². The van der Waals surface area contributed by atoms with Gasteiger partial charge in [0.2, 0.25) is 11.6 Å². The normalized spacial score (nSPS) is 15.9. The van der Waals surface area contributed by atoms with Crippen molar-refractivity contribution in [3.05, 3.63) is 46.8 Å². The summed E-state index contributed by atoms with van der Waals surface area (Å²) < 4.78 is 0. The molecule has 0 unspecified atom stereocenters. The molecule has 1 aliphatic rings. The minimum atomic E-state index is -0.469. The van der Waals surface area contributed by atoms with Crippen LogP contribution >= 0.6 is 0 Å². The third-order valence-electron chi connectivity index (χ3n) is 3.81. The first kappa shape index (κ1) is 16.1. The number of hydrogen-bond donors (Lipinski definition) is 2. The van der Waals surface area contributed by atoms with E-state index in [9.17, 15) is 10.1 Å². The standard InChI is InChI=1S/C15H19N7O2/c1-20-7-9-21(10-8-20)19-15-13(22(23)24)14(16-11-17-15)18-12-5-3-2-4-6-12/h2-6,11H,7-10H2,1H3,(H2,16,17,18,19). The molecule has 1 aromatic heterocycles. The van der Waals surface area contributed by atoms with Crippen molar-refractivity contribution in [2.24, 2.45) is 0 Å². The molecule has 1 aromatic carbocycles. The van der Waals surface area contributed by atoms with Crippen LogP contribution in [0, 0.1) is 10.1 Å². The summed E-state index contributed by atoms with van der Waals surface area (Å²) in [6, 6.07) is 9.20. The fraction of sp³-hybridized carbons (Fsp3) is 0.333. The summed E-state index contributed by atoms with van der Waals surface area (Å²) in [6.45, 7) is 3.31. The van der Waals surface area contributed by atoms with Crippen LogP contribution in [0.25, 0.3) is 0 Å². The number of piperazine rings is 1. The molecule has 0 spiro atoms. The Morgan fingerprint density at radius 3 is 2.42 bits per heavy atom. The van der Waals surface area contributed by atoms with Gasteiger partial charge in [0.1, 0.15) is 6.33 Å². The van der Waals surface area contributed by atoms with E-state index in [1.54, 1.807) is 0 Å². The predicted octanol–water partition coefficient (Wildman–Crippen LogP) is 1.70. The fourth-order valence-electron chi connectivity index (χ4n) is 2.45. The van der Waals surface area contributed by atoms with E-state index >= 15 is 0 Å². The first-order valence-electron chi connectivity index (χ1n) is 7.65. The van der Waals surface area contributed by atoms with Crippen LogP contribution in [0.1, 0.15) is 0 Å². The Morgan fingerprint density at radius 1 is 1.08 bits per heavy atom. The summed E-state index contributed by atoms with van der Waals surface area (Å²) >= 11 is 0. The lowest BCUT2D eigenvalue weighted by atomic mass is 10.3. The van der Waals surface area contributed by atoms with Crippen molar-refractivity contribution in [2.75, 3.05) is 44.0 Å². The average molecular weight is 329 g/mol. The zero-order valence-corrected chi connectivity index (χ0v) is 13.3. The van der Waals surface area contributed by atoms with E-state index in [0.29, 0.717) is 0 Å². The highest BCUT2D eigenvalue weighted by Crippen LogP contribution is 2.31. The lowest BCUT2D eigenvalue weighted by Gasteiger charge is -2.32. The summed E-state index contributed by atoms with van der Waals surface area (Å²) in [5.41, 5.74) is 3.61. The van der Waals surface area contributed by atoms with Crippen molar-refractivity contribution in [1.29, 1.82) is 0 Å². The molecule has 126 valence electrons. The topological polar surface area (TPSA) is 99.5 Å². The van der Waals surface area contributed by atoms with Crippen molar-refractivity contribution in [3.8, 4) is 0 Å². The second-order valence-electron chi connectivity index (χ2n) is 5.57. The molecule has 9 nitrogen and oxygen atoms in total. The SMILES string of the molecule is CN1CCN(Nc2ncnc(Nc3ccccc3)c2[N+](=O)[O-])CC1. The lowest BCUT2D eigenvalue weighted by molar-refractivity contribution is -0.383. The third-order valence-corrected chi connectivity index (χ3v) is 3.81. The Morgan fingerprint density at radius 2 is 1.75 bits per heavy atom. The molecule has 0 radical (unpaired) electrons. The second-order valence-corrected chi connectivity index (χ2v) is 5.57. The van der Waals surface area contributed by atoms with Gasteiger partial charge in [-0.05, 0) is 19.2 Å². The molecular formula is C15H19N7O2. The predicted molar refractivity (Wildman–Crippen MR) is 91.1 cm³/mol. The second kappa shape index (κ2) is 7.20. The number of hydrogen-bond acceptors (Lipinski definition) is 8. The molecule has 2 aromatic rings. The molecule has 2 heterocycles. The summed E-state index contributed by atoms with van der Waals surface area (Å²) in [5, 5.41) is 16.5. The van der Waals surface area contributed by atoms with Crippen LogP contribution in [-0.2, 0) is 0 Å². The number of para-hydroxylation sites is 1. The molecule has 0 amide bonds. The summed E-state index contributed by atoms with van der Waals surface area (Å²) in [7, 11) is 2.05. The number of anilines is 3. The molecule has 9 heteroatoms. The molecule has 2 N–H and O–H groups in total. The van der Waals surface area contributed by atoms with Gasteiger partial charge in [-0.25, -0.2) is 15.0 Å². The van der Waals surface area contributed by atoms with Gasteiger partial charge in [-0.15, -0.1) is 0 Å². The summed E-state index contributed by atoms with van der Waals surface area (Å²) in [5.74, 6) is 0.357. The van der Waals surface area contributed by atoms with E-state index in [2.05, 4.69) is 25.6 Å². The first-order chi connectivity index (χ1) is 11.6. The minimum Gasteiger partial charge on any atom is -0.334 e. The highest BCUT2D eigenvalue weighted by atomic mass is 16.6. The fourth-order valence-corrected chi connectivity index (χ4v) is 2.45. The maximum absolute atomic E-state index is 11.5. The summed E-state index contributed by atoms with van der Waals surface area (Å²) in [6.07, 6.45) is 1.32. The molecule has 3 rings (SSSR count). The van der Waals surface area contributed by atoms with Crippen molar-refractivity contribution < 1.29 is 4.92 Å². The van der Waals surface area contributed by atoms with E-state index in [0.717, 1.165) is 31.9 Å². The van der Waals surface area contributed by atoms with Crippen LogP contribution in [0.5, 0.6) is 0 Å². The largest absolute Gasteiger partial charge is 0.354 e. The zero-order valence-electron chi connectivity index (χ0n) is 13.3. The number of hydrazine groups is 1. The van der Waals surface area contributed by atoms with E-state index in [-0.39, 0.29) is 17.3 Å². The molecule has 1 saturated heterocycles. The quantitative estimate of drug-likeness (QED) is 0.632. The smallest absolute Gasteiger partial charge is 0.334 e. The number of likely N-dealkylation sites (N-methyl/N-ethyl adjacent to an activating group) is 1. The average Bonchev–Trinajstić information content (AvgIpc) is 2.58. The van der Waals surface area contributed by atoms with Crippen molar-refractivity contribution >= 4 is 23.0 Å². The number of nitro groups is 1. The van der Waals surface area contributed by atoms with Gasteiger partial charge < -0.3 is 10.2 Å². The highest BCUT2D eigenvalue weighted by molar-refractivity contribution is 5.73.